The predicted molar refractivity (Wildman–Crippen MR) is 78.1 cm³/mol. The highest BCUT2D eigenvalue weighted by Crippen LogP contribution is 2.38. The van der Waals surface area contributed by atoms with Gasteiger partial charge in [-0.3, -0.25) is 4.90 Å². The molecule has 0 spiro atoms. The van der Waals surface area contributed by atoms with Crippen LogP contribution in [0.15, 0.2) is 24.3 Å². The molecule has 2 unspecified atom stereocenters. The Hall–Kier alpha value is -1.07. The third kappa shape index (κ3) is 3.77. The second-order valence-corrected chi connectivity index (χ2v) is 5.66. The Morgan fingerprint density at radius 3 is 2.71 bits per heavy atom. The van der Waals surface area contributed by atoms with E-state index in [1.54, 1.807) is 0 Å². The molecule has 1 aliphatic heterocycles. The number of piperidine rings is 1. The van der Waals surface area contributed by atoms with E-state index in [9.17, 15) is 13.2 Å². The lowest BCUT2D eigenvalue weighted by molar-refractivity contribution is -0.137. The molecule has 2 nitrogen and oxygen atoms in total. The summed E-state index contributed by atoms with van der Waals surface area (Å²) in [5.41, 5.74) is 0.233. The molecule has 1 fully saturated rings. The van der Waals surface area contributed by atoms with Gasteiger partial charge in [0, 0.05) is 6.04 Å². The molecule has 21 heavy (non-hydrogen) atoms. The summed E-state index contributed by atoms with van der Waals surface area (Å²) < 4.78 is 38.8. The van der Waals surface area contributed by atoms with Crippen LogP contribution in [-0.2, 0) is 6.18 Å². The van der Waals surface area contributed by atoms with Crippen molar-refractivity contribution in [2.75, 3.05) is 26.7 Å². The van der Waals surface area contributed by atoms with Crippen LogP contribution in [0.1, 0.15) is 36.9 Å². The number of nitrogens with one attached hydrogen (secondary N) is 1. The van der Waals surface area contributed by atoms with E-state index in [4.69, 9.17) is 0 Å². The minimum absolute atomic E-state index is 0.0681. The first-order valence-corrected chi connectivity index (χ1v) is 7.53. The van der Waals surface area contributed by atoms with Crippen LogP contribution in [-0.4, -0.2) is 31.6 Å². The van der Waals surface area contributed by atoms with Crippen molar-refractivity contribution in [3.63, 3.8) is 0 Å². The zero-order valence-electron chi connectivity index (χ0n) is 12.6. The average Bonchev–Trinajstić information content (AvgIpc) is 2.46. The predicted octanol–water partition coefficient (Wildman–Crippen LogP) is 3.70. The summed E-state index contributed by atoms with van der Waals surface area (Å²) in [5, 5.41) is 3.18. The Balaban J connectivity index is 2.34. The molecule has 0 bridgehead atoms. The van der Waals surface area contributed by atoms with E-state index in [1.807, 2.05) is 13.1 Å². The maximum absolute atomic E-state index is 12.9. The molecule has 1 aromatic rings. The van der Waals surface area contributed by atoms with Gasteiger partial charge in [-0.05, 0) is 63.1 Å². The third-order valence-corrected chi connectivity index (χ3v) is 4.29. The quantitative estimate of drug-likeness (QED) is 0.912. The van der Waals surface area contributed by atoms with Crippen molar-refractivity contribution in [1.29, 1.82) is 0 Å². The van der Waals surface area contributed by atoms with Gasteiger partial charge in [-0.15, -0.1) is 0 Å². The third-order valence-electron chi connectivity index (χ3n) is 4.29. The number of likely N-dealkylation sites (tertiary alicyclic amines) is 1. The van der Waals surface area contributed by atoms with Gasteiger partial charge in [-0.2, -0.15) is 13.2 Å². The first-order chi connectivity index (χ1) is 9.97. The lowest BCUT2D eigenvalue weighted by Gasteiger charge is -2.41. The summed E-state index contributed by atoms with van der Waals surface area (Å²) in [4.78, 5) is 2.29. The lowest BCUT2D eigenvalue weighted by atomic mass is 9.84. The van der Waals surface area contributed by atoms with E-state index in [2.05, 4.69) is 17.1 Å². The maximum atomic E-state index is 12.9. The smallest absolute Gasteiger partial charge is 0.319 e. The maximum Gasteiger partial charge on any atom is 0.416 e. The zero-order chi connectivity index (χ0) is 15.5. The van der Waals surface area contributed by atoms with Crippen molar-refractivity contribution in [2.45, 2.75) is 32.0 Å². The van der Waals surface area contributed by atoms with Gasteiger partial charge >= 0.3 is 6.18 Å². The summed E-state index contributed by atoms with van der Waals surface area (Å²) in [6.07, 6.45) is -2.12. The normalized spacial score (nSPS) is 24.2. The van der Waals surface area contributed by atoms with Crippen molar-refractivity contribution in [2.24, 2.45) is 5.92 Å². The van der Waals surface area contributed by atoms with Gasteiger partial charge in [0.2, 0.25) is 0 Å². The Kier molecular flexibility index (Phi) is 5.27. The average molecular weight is 300 g/mol. The lowest BCUT2D eigenvalue weighted by Crippen LogP contribution is -2.42. The molecule has 5 heteroatoms. The Labute approximate surface area is 124 Å². The largest absolute Gasteiger partial charge is 0.416 e. The van der Waals surface area contributed by atoms with E-state index >= 15 is 0 Å². The highest BCUT2D eigenvalue weighted by Gasteiger charge is 2.34. The first-order valence-electron chi connectivity index (χ1n) is 7.53. The van der Waals surface area contributed by atoms with Crippen molar-refractivity contribution in [1.82, 2.24) is 10.2 Å². The minimum atomic E-state index is -4.28. The topological polar surface area (TPSA) is 15.3 Å². The van der Waals surface area contributed by atoms with Crippen molar-refractivity contribution in [3.05, 3.63) is 35.4 Å². The molecule has 0 amide bonds. The molecule has 0 aromatic heterocycles. The number of benzene rings is 1. The second-order valence-electron chi connectivity index (χ2n) is 5.66. The molecule has 1 heterocycles. The summed E-state index contributed by atoms with van der Waals surface area (Å²) in [5.74, 6) is 0.354. The van der Waals surface area contributed by atoms with E-state index in [-0.39, 0.29) is 6.04 Å². The van der Waals surface area contributed by atoms with Gasteiger partial charge in [0.15, 0.2) is 0 Å². The van der Waals surface area contributed by atoms with Crippen LogP contribution in [0.3, 0.4) is 0 Å². The Morgan fingerprint density at radius 2 is 2.10 bits per heavy atom. The zero-order valence-corrected chi connectivity index (χ0v) is 12.6. The SMILES string of the molecule is CCN1CCCC(CNC)C1c1cccc(C(F)(F)F)c1. The van der Waals surface area contributed by atoms with Crippen LogP contribution in [0.4, 0.5) is 13.2 Å². The number of alkyl halides is 3. The summed E-state index contributed by atoms with van der Waals surface area (Å²) in [6.45, 7) is 4.72. The van der Waals surface area contributed by atoms with Gasteiger partial charge in [0.05, 0.1) is 5.56 Å². The van der Waals surface area contributed by atoms with Crippen LogP contribution < -0.4 is 5.32 Å². The van der Waals surface area contributed by atoms with Crippen LogP contribution in [0.5, 0.6) is 0 Å². The standard InChI is InChI=1S/C16H23F3N2/c1-3-21-9-5-7-13(11-20-2)15(21)12-6-4-8-14(10-12)16(17,18)19/h4,6,8,10,13,15,20H,3,5,7,9,11H2,1-2H3. The molecule has 1 N–H and O–H groups in total. The molecule has 0 saturated carbocycles. The molecule has 0 aliphatic carbocycles. The molecule has 0 radical (unpaired) electrons. The first kappa shape index (κ1) is 16.3. The molecule has 2 rings (SSSR count). The van der Waals surface area contributed by atoms with Crippen molar-refractivity contribution < 1.29 is 13.2 Å². The fourth-order valence-electron chi connectivity index (χ4n) is 3.36. The van der Waals surface area contributed by atoms with Crippen molar-refractivity contribution in [3.8, 4) is 0 Å². The van der Waals surface area contributed by atoms with Crippen molar-refractivity contribution >= 4 is 0 Å². The Morgan fingerprint density at radius 1 is 1.33 bits per heavy atom. The van der Waals surface area contributed by atoms with Gasteiger partial charge in [-0.25, -0.2) is 0 Å². The van der Waals surface area contributed by atoms with E-state index in [0.29, 0.717) is 5.92 Å². The number of rotatable bonds is 4. The Bertz CT molecular complexity index is 457. The van der Waals surface area contributed by atoms with Gasteiger partial charge in [0.1, 0.15) is 0 Å². The monoisotopic (exact) mass is 300 g/mol. The summed E-state index contributed by atoms with van der Waals surface area (Å²) >= 11 is 0. The molecule has 2 atom stereocenters. The highest BCUT2D eigenvalue weighted by atomic mass is 19.4. The van der Waals surface area contributed by atoms with Gasteiger partial charge < -0.3 is 5.32 Å². The van der Waals surface area contributed by atoms with Crippen LogP contribution in [0.2, 0.25) is 0 Å². The second kappa shape index (κ2) is 6.79. The van der Waals surface area contributed by atoms with Gasteiger partial charge in [0.25, 0.3) is 0 Å². The van der Waals surface area contributed by atoms with Crippen LogP contribution in [0.25, 0.3) is 0 Å². The fourth-order valence-corrected chi connectivity index (χ4v) is 3.36. The highest BCUT2D eigenvalue weighted by molar-refractivity contribution is 5.29. The van der Waals surface area contributed by atoms with Crippen LogP contribution in [0, 0.1) is 5.92 Å². The fraction of sp³-hybridized carbons (Fsp3) is 0.625. The van der Waals surface area contributed by atoms with Gasteiger partial charge in [-0.1, -0.05) is 19.1 Å². The number of halogens is 3. The molecule has 118 valence electrons. The van der Waals surface area contributed by atoms with E-state index in [1.165, 1.54) is 12.1 Å². The number of hydrogen-bond acceptors (Lipinski definition) is 2. The number of nitrogens with zero attached hydrogens (tertiary/aromatic N) is 1. The molecule has 1 aromatic carbocycles. The van der Waals surface area contributed by atoms with E-state index < -0.39 is 11.7 Å². The molecule has 1 saturated heterocycles. The minimum Gasteiger partial charge on any atom is -0.319 e. The van der Waals surface area contributed by atoms with Crippen LogP contribution >= 0.6 is 0 Å². The summed E-state index contributed by atoms with van der Waals surface area (Å²) in [6, 6.07) is 5.89. The summed E-state index contributed by atoms with van der Waals surface area (Å²) in [7, 11) is 1.90. The molecular formula is C16H23F3N2. The van der Waals surface area contributed by atoms with E-state index in [0.717, 1.165) is 44.1 Å². The number of hydrogen-bond donors (Lipinski definition) is 1. The molecular weight excluding hydrogens is 277 g/mol. The molecule has 1 aliphatic rings.